The van der Waals surface area contributed by atoms with Crippen molar-refractivity contribution in [3.8, 4) is 0 Å². The van der Waals surface area contributed by atoms with Gasteiger partial charge < -0.3 is 5.11 Å². The molecule has 2 atom stereocenters. The van der Waals surface area contributed by atoms with E-state index >= 15 is 0 Å². The SMILES string of the molecule is Cc1cccc(C2CN(C(C)(C)C)C[C@@]2(C)C(=O)O)c1. The van der Waals surface area contributed by atoms with Gasteiger partial charge in [0.25, 0.3) is 0 Å². The van der Waals surface area contributed by atoms with Crippen LogP contribution in [0.4, 0.5) is 0 Å². The molecule has 1 heterocycles. The van der Waals surface area contributed by atoms with Crippen molar-refractivity contribution >= 4 is 5.97 Å². The van der Waals surface area contributed by atoms with Crippen LogP contribution in [0.25, 0.3) is 0 Å². The van der Waals surface area contributed by atoms with Crippen molar-refractivity contribution in [2.75, 3.05) is 13.1 Å². The molecule has 1 saturated heterocycles. The third kappa shape index (κ3) is 2.59. The minimum absolute atomic E-state index is 0.00468. The standard InChI is InChI=1S/C17H25NO2/c1-12-7-6-8-13(9-12)14-10-18(16(2,3)4)11-17(14,5)15(19)20/h6-9,14H,10-11H2,1-5H3,(H,19,20)/t14?,17-/m1/s1. The zero-order chi connectivity index (χ0) is 15.1. The third-order valence-corrected chi connectivity index (χ3v) is 4.57. The third-order valence-electron chi connectivity index (χ3n) is 4.57. The number of aryl methyl sites for hydroxylation is 1. The topological polar surface area (TPSA) is 40.5 Å². The lowest BCUT2D eigenvalue weighted by molar-refractivity contribution is -0.148. The van der Waals surface area contributed by atoms with Crippen molar-refractivity contribution in [2.45, 2.75) is 46.1 Å². The van der Waals surface area contributed by atoms with E-state index in [9.17, 15) is 9.90 Å². The lowest BCUT2D eigenvalue weighted by Crippen LogP contribution is -2.42. The largest absolute Gasteiger partial charge is 0.481 e. The molecule has 1 unspecified atom stereocenters. The van der Waals surface area contributed by atoms with Gasteiger partial charge >= 0.3 is 5.97 Å². The summed E-state index contributed by atoms with van der Waals surface area (Å²) in [6.07, 6.45) is 0. The Kier molecular flexibility index (Phi) is 3.67. The lowest BCUT2D eigenvalue weighted by atomic mass is 9.76. The zero-order valence-corrected chi connectivity index (χ0v) is 13.1. The van der Waals surface area contributed by atoms with Crippen LogP contribution in [0.2, 0.25) is 0 Å². The predicted molar refractivity (Wildman–Crippen MR) is 81.0 cm³/mol. The first-order valence-electron chi connectivity index (χ1n) is 7.19. The summed E-state index contributed by atoms with van der Waals surface area (Å²) in [5, 5.41) is 9.73. The molecule has 0 spiro atoms. The number of carboxylic acid groups (broad SMARTS) is 1. The van der Waals surface area contributed by atoms with Gasteiger partial charge in [-0.2, -0.15) is 0 Å². The number of aliphatic carboxylic acids is 1. The normalized spacial score (nSPS) is 27.8. The minimum atomic E-state index is -0.721. The van der Waals surface area contributed by atoms with Crippen LogP contribution < -0.4 is 0 Å². The van der Waals surface area contributed by atoms with E-state index in [2.05, 4.69) is 50.8 Å². The highest BCUT2D eigenvalue weighted by Gasteiger charge is 2.51. The Labute approximate surface area is 121 Å². The Morgan fingerprint density at radius 1 is 1.40 bits per heavy atom. The van der Waals surface area contributed by atoms with Gasteiger partial charge in [0.15, 0.2) is 0 Å². The average molecular weight is 275 g/mol. The number of nitrogens with zero attached hydrogens (tertiary/aromatic N) is 1. The van der Waals surface area contributed by atoms with Crippen LogP contribution in [0.1, 0.15) is 44.7 Å². The maximum Gasteiger partial charge on any atom is 0.311 e. The fourth-order valence-electron chi connectivity index (χ4n) is 3.08. The monoisotopic (exact) mass is 275 g/mol. The Hall–Kier alpha value is -1.35. The number of hydrogen-bond acceptors (Lipinski definition) is 2. The molecule has 1 N–H and O–H groups in total. The molecule has 1 aromatic carbocycles. The Bertz CT molecular complexity index is 518. The quantitative estimate of drug-likeness (QED) is 0.900. The summed E-state index contributed by atoms with van der Waals surface area (Å²) in [6, 6.07) is 8.26. The first-order valence-corrected chi connectivity index (χ1v) is 7.19. The first-order chi connectivity index (χ1) is 9.14. The number of likely N-dealkylation sites (tertiary alicyclic amines) is 1. The molecule has 0 saturated carbocycles. The van der Waals surface area contributed by atoms with Gasteiger partial charge in [0, 0.05) is 24.5 Å². The molecule has 110 valence electrons. The lowest BCUT2D eigenvalue weighted by Gasteiger charge is -2.32. The summed E-state index contributed by atoms with van der Waals surface area (Å²) < 4.78 is 0. The van der Waals surface area contributed by atoms with E-state index in [4.69, 9.17) is 0 Å². The summed E-state index contributed by atoms with van der Waals surface area (Å²) >= 11 is 0. The molecule has 0 radical (unpaired) electrons. The van der Waals surface area contributed by atoms with Crippen LogP contribution >= 0.6 is 0 Å². The molecule has 0 aromatic heterocycles. The second-order valence-corrected chi connectivity index (χ2v) is 7.24. The Morgan fingerprint density at radius 2 is 2.05 bits per heavy atom. The first kappa shape index (κ1) is 15.0. The van der Waals surface area contributed by atoms with Crippen molar-refractivity contribution in [3.05, 3.63) is 35.4 Å². The van der Waals surface area contributed by atoms with E-state index < -0.39 is 11.4 Å². The molecule has 0 bridgehead atoms. The van der Waals surface area contributed by atoms with Crippen molar-refractivity contribution in [1.82, 2.24) is 4.90 Å². The van der Waals surface area contributed by atoms with Gasteiger partial charge in [-0.25, -0.2) is 0 Å². The molecule has 1 aliphatic heterocycles. The minimum Gasteiger partial charge on any atom is -0.481 e. The number of carbonyl (C=O) groups is 1. The van der Waals surface area contributed by atoms with Gasteiger partial charge in [-0.05, 0) is 40.2 Å². The number of hydrogen-bond donors (Lipinski definition) is 1. The Balaban J connectivity index is 2.41. The smallest absolute Gasteiger partial charge is 0.311 e. The van der Waals surface area contributed by atoms with Gasteiger partial charge in [0.05, 0.1) is 5.41 Å². The molecule has 3 nitrogen and oxygen atoms in total. The fraction of sp³-hybridized carbons (Fsp3) is 0.588. The van der Waals surface area contributed by atoms with E-state index in [0.29, 0.717) is 6.54 Å². The summed E-state index contributed by atoms with van der Waals surface area (Å²) in [4.78, 5) is 14.1. The van der Waals surface area contributed by atoms with E-state index in [1.807, 2.05) is 13.0 Å². The summed E-state index contributed by atoms with van der Waals surface area (Å²) in [5.41, 5.74) is 1.60. The highest BCUT2D eigenvalue weighted by molar-refractivity contribution is 5.76. The summed E-state index contributed by atoms with van der Waals surface area (Å²) in [6.45, 7) is 11.8. The van der Waals surface area contributed by atoms with Crippen LogP contribution in [0.15, 0.2) is 24.3 Å². The molecule has 1 aromatic rings. The molecular formula is C17H25NO2. The van der Waals surface area contributed by atoms with Crippen LogP contribution in [-0.4, -0.2) is 34.6 Å². The van der Waals surface area contributed by atoms with Gasteiger partial charge in [0.1, 0.15) is 0 Å². The fourth-order valence-corrected chi connectivity index (χ4v) is 3.08. The van der Waals surface area contributed by atoms with Gasteiger partial charge in [-0.15, -0.1) is 0 Å². The summed E-state index contributed by atoms with van der Waals surface area (Å²) in [7, 11) is 0. The van der Waals surface area contributed by atoms with Crippen molar-refractivity contribution in [2.24, 2.45) is 5.41 Å². The molecule has 1 fully saturated rings. The predicted octanol–water partition coefficient (Wildman–Crippen LogP) is 3.28. The average Bonchev–Trinajstić information content (AvgIpc) is 2.68. The molecule has 0 aliphatic carbocycles. The van der Waals surface area contributed by atoms with Crippen molar-refractivity contribution in [3.63, 3.8) is 0 Å². The Morgan fingerprint density at radius 3 is 2.55 bits per heavy atom. The second-order valence-electron chi connectivity index (χ2n) is 7.24. The molecule has 3 heteroatoms. The van der Waals surface area contributed by atoms with Gasteiger partial charge in [-0.1, -0.05) is 29.8 Å². The molecule has 2 rings (SSSR count). The number of benzene rings is 1. The molecule has 0 amide bonds. The zero-order valence-electron chi connectivity index (χ0n) is 13.1. The van der Waals surface area contributed by atoms with Crippen LogP contribution in [0, 0.1) is 12.3 Å². The van der Waals surface area contributed by atoms with Gasteiger partial charge in [-0.3, -0.25) is 9.69 Å². The van der Waals surface area contributed by atoms with Crippen LogP contribution in [0.3, 0.4) is 0 Å². The number of carboxylic acids is 1. The van der Waals surface area contributed by atoms with Crippen LogP contribution in [-0.2, 0) is 4.79 Å². The van der Waals surface area contributed by atoms with E-state index in [-0.39, 0.29) is 11.5 Å². The maximum atomic E-state index is 11.8. The van der Waals surface area contributed by atoms with Crippen LogP contribution in [0.5, 0.6) is 0 Å². The van der Waals surface area contributed by atoms with E-state index in [0.717, 1.165) is 12.1 Å². The summed E-state index contributed by atoms with van der Waals surface area (Å²) in [5.74, 6) is -0.658. The van der Waals surface area contributed by atoms with Gasteiger partial charge in [0.2, 0.25) is 0 Å². The molecular weight excluding hydrogens is 250 g/mol. The van der Waals surface area contributed by atoms with Crippen molar-refractivity contribution < 1.29 is 9.90 Å². The maximum absolute atomic E-state index is 11.8. The highest BCUT2D eigenvalue weighted by atomic mass is 16.4. The second kappa shape index (κ2) is 4.88. The van der Waals surface area contributed by atoms with E-state index in [1.165, 1.54) is 5.56 Å². The highest BCUT2D eigenvalue weighted by Crippen LogP contribution is 2.45. The van der Waals surface area contributed by atoms with Crippen molar-refractivity contribution in [1.29, 1.82) is 0 Å². The van der Waals surface area contributed by atoms with E-state index in [1.54, 1.807) is 0 Å². The number of rotatable bonds is 2. The molecule has 20 heavy (non-hydrogen) atoms. The molecule has 1 aliphatic rings.